The number of ether oxygens (including phenoxy) is 2. The van der Waals surface area contributed by atoms with Crippen LogP contribution in [0.25, 0.3) is 10.9 Å². The van der Waals surface area contributed by atoms with E-state index in [0.717, 1.165) is 22.0 Å². The van der Waals surface area contributed by atoms with Crippen LogP contribution in [-0.4, -0.2) is 25.1 Å². The molecule has 0 aliphatic heterocycles. The van der Waals surface area contributed by atoms with E-state index in [9.17, 15) is 4.79 Å². The van der Waals surface area contributed by atoms with Gasteiger partial charge in [0, 0.05) is 17.0 Å². The van der Waals surface area contributed by atoms with Gasteiger partial charge in [-0.2, -0.15) is 0 Å². The molecule has 3 rings (SSSR count). The maximum Gasteiger partial charge on any atom is 0.272 e. The molecule has 0 aliphatic carbocycles. The number of hydrogen-bond donors (Lipinski definition) is 2. The number of rotatable bonds is 4. The van der Waals surface area contributed by atoms with Crippen LogP contribution in [0.4, 0.5) is 5.69 Å². The first-order chi connectivity index (χ1) is 11.5. The summed E-state index contributed by atoms with van der Waals surface area (Å²) in [6, 6.07) is 11.4. The third-order valence-corrected chi connectivity index (χ3v) is 4.10. The number of nitrogens with one attached hydrogen (secondary N) is 2. The van der Waals surface area contributed by atoms with Gasteiger partial charge in [0.15, 0.2) is 0 Å². The first-order valence-electron chi connectivity index (χ1n) is 7.65. The van der Waals surface area contributed by atoms with Crippen LogP contribution in [0.15, 0.2) is 36.4 Å². The number of H-pyrrole nitrogens is 1. The average Bonchev–Trinajstić information content (AvgIpc) is 2.90. The van der Waals surface area contributed by atoms with E-state index >= 15 is 0 Å². The van der Waals surface area contributed by atoms with Crippen molar-refractivity contribution in [1.29, 1.82) is 0 Å². The maximum absolute atomic E-state index is 12.7. The molecule has 24 heavy (non-hydrogen) atoms. The molecule has 0 radical (unpaired) electrons. The first kappa shape index (κ1) is 15.9. The van der Waals surface area contributed by atoms with Gasteiger partial charge in [0.25, 0.3) is 5.91 Å². The number of anilines is 1. The van der Waals surface area contributed by atoms with Gasteiger partial charge in [0.05, 0.1) is 19.9 Å². The molecule has 0 spiro atoms. The maximum atomic E-state index is 12.7. The number of aryl methyl sites for hydroxylation is 2. The normalized spacial score (nSPS) is 10.7. The van der Waals surface area contributed by atoms with E-state index in [1.165, 1.54) is 0 Å². The Balaban J connectivity index is 1.97. The molecule has 5 heteroatoms. The van der Waals surface area contributed by atoms with Crippen LogP contribution in [0.3, 0.4) is 0 Å². The summed E-state index contributed by atoms with van der Waals surface area (Å²) in [5, 5.41) is 3.94. The van der Waals surface area contributed by atoms with Gasteiger partial charge in [-0.3, -0.25) is 4.79 Å². The van der Waals surface area contributed by atoms with Crippen LogP contribution in [0.2, 0.25) is 0 Å². The van der Waals surface area contributed by atoms with E-state index in [0.29, 0.717) is 22.9 Å². The Morgan fingerprint density at radius 1 is 1.04 bits per heavy atom. The fraction of sp³-hybridized carbons (Fsp3) is 0.211. The summed E-state index contributed by atoms with van der Waals surface area (Å²) in [7, 11) is 3.14. The summed E-state index contributed by atoms with van der Waals surface area (Å²) in [5.74, 6) is 1.01. The Morgan fingerprint density at radius 2 is 1.83 bits per heavy atom. The number of aromatic nitrogens is 1. The van der Waals surface area contributed by atoms with E-state index in [1.807, 2.05) is 32.0 Å². The van der Waals surface area contributed by atoms with E-state index in [1.54, 1.807) is 32.4 Å². The molecule has 2 N–H and O–H groups in total. The van der Waals surface area contributed by atoms with Crippen molar-refractivity contribution in [3.63, 3.8) is 0 Å². The fourth-order valence-electron chi connectivity index (χ4n) is 2.78. The van der Waals surface area contributed by atoms with Crippen molar-refractivity contribution in [3.05, 3.63) is 53.2 Å². The van der Waals surface area contributed by atoms with Crippen LogP contribution >= 0.6 is 0 Å². The van der Waals surface area contributed by atoms with E-state index < -0.39 is 0 Å². The lowest BCUT2D eigenvalue weighted by molar-refractivity contribution is 0.102. The number of amides is 1. The van der Waals surface area contributed by atoms with Gasteiger partial charge in [-0.15, -0.1) is 0 Å². The van der Waals surface area contributed by atoms with Gasteiger partial charge in [-0.25, -0.2) is 0 Å². The summed E-state index contributed by atoms with van der Waals surface area (Å²) in [5.41, 5.74) is 4.13. The van der Waals surface area contributed by atoms with Gasteiger partial charge >= 0.3 is 0 Å². The Labute approximate surface area is 140 Å². The summed E-state index contributed by atoms with van der Waals surface area (Å²) < 4.78 is 10.5. The van der Waals surface area contributed by atoms with Crippen molar-refractivity contribution in [2.75, 3.05) is 19.5 Å². The Morgan fingerprint density at radius 3 is 2.54 bits per heavy atom. The van der Waals surface area contributed by atoms with E-state index in [2.05, 4.69) is 10.3 Å². The minimum Gasteiger partial charge on any atom is -0.497 e. The quantitative estimate of drug-likeness (QED) is 0.761. The molecule has 0 aliphatic rings. The van der Waals surface area contributed by atoms with Crippen LogP contribution in [0, 0.1) is 13.8 Å². The Kier molecular flexibility index (Phi) is 4.16. The van der Waals surface area contributed by atoms with Crippen molar-refractivity contribution in [2.24, 2.45) is 0 Å². The summed E-state index contributed by atoms with van der Waals surface area (Å²) >= 11 is 0. The molecule has 3 aromatic rings. The van der Waals surface area contributed by atoms with E-state index in [-0.39, 0.29) is 5.91 Å². The molecule has 1 aromatic heterocycles. The Bertz CT molecular complexity index is 912. The highest BCUT2D eigenvalue weighted by atomic mass is 16.5. The molecule has 2 aromatic carbocycles. The third-order valence-electron chi connectivity index (χ3n) is 4.10. The van der Waals surface area contributed by atoms with Gasteiger partial charge in [0.1, 0.15) is 17.2 Å². The standard InChI is InChI=1S/C19H20N2O3/c1-11-5-7-14-12(2)18(20-15(14)9-11)19(22)21-16-10-13(23-3)6-8-17(16)24-4/h5-10,20H,1-4H3,(H,21,22). The third kappa shape index (κ3) is 2.80. The predicted octanol–water partition coefficient (Wildman–Crippen LogP) is 4.05. The number of hydrogen-bond acceptors (Lipinski definition) is 3. The predicted molar refractivity (Wildman–Crippen MR) is 95.3 cm³/mol. The molecule has 0 saturated carbocycles. The van der Waals surface area contributed by atoms with Crippen molar-refractivity contribution in [1.82, 2.24) is 4.98 Å². The second-order valence-corrected chi connectivity index (χ2v) is 5.69. The highest BCUT2D eigenvalue weighted by Gasteiger charge is 2.17. The SMILES string of the molecule is COc1ccc(OC)c(NC(=O)c2[nH]c3cc(C)ccc3c2C)c1. The summed E-state index contributed by atoms with van der Waals surface area (Å²) in [4.78, 5) is 15.9. The van der Waals surface area contributed by atoms with Gasteiger partial charge in [-0.05, 0) is 43.2 Å². The van der Waals surface area contributed by atoms with Crippen LogP contribution < -0.4 is 14.8 Å². The van der Waals surface area contributed by atoms with E-state index in [4.69, 9.17) is 9.47 Å². The van der Waals surface area contributed by atoms with Crippen molar-refractivity contribution < 1.29 is 14.3 Å². The highest BCUT2D eigenvalue weighted by Crippen LogP contribution is 2.30. The molecule has 0 unspecified atom stereocenters. The molecule has 1 heterocycles. The summed E-state index contributed by atoms with van der Waals surface area (Å²) in [6.07, 6.45) is 0. The number of methoxy groups -OCH3 is 2. The molecule has 0 bridgehead atoms. The second-order valence-electron chi connectivity index (χ2n) is 5.69. The lowest BCUT2D eigenvalue weighted by atomic mass is 10.1. The van der Waals surface area contributed by atoms with Crippen molar-refractivity contribution in [2.45, 2.75) is 13.8 Å². The lowest BCUT2D eigenvalue weighted by Gasteiger charge is -2.11. The molecular formula is C19H20N2O3. The first-order valence-corrected chi connectivity index (χ1v) is 7.65. The van der Waals surface area contributed by atoms with Crippen LogP contribution in [-0.2, 0) is 0 Å². The molecule has 124 valence electrons. The number of carbonyl (C=O) groups is 1. The van der Waals surface area contributed by atoms with Crippen LogP contribution in [0.1, 0.15) is 21.6 Å². The van der Waals surface area contributed by atoms with Crippen molar-refractivity contribution >= 4 is 22.5 Å². The lowest BCUT2D eigenvalue weighted by Crippen LogP contribution is -2.14. The molecule has 0 atom stereocenters. The number of fused-ring (bicyclic) bond motifs is 1. The minimum atomic E-state index is -0.215. The topological polar surface area (TPSA) is 63.4 Å². The minimum absolute atomic E-state index is 0.215. The smallest absolute Gasteiger partial charge is 0.272 e. The van der Waals surface area contributed by atoms with Crippen molar-refractivity contribution in [3.8, 4) is 11.5 Å². The molecule has 0 fully saturated rings. The zero-order chi connectivity index (χ0) is 17.3. The number of aromatic amines is 1. The van der Waals surface area contributed by atoms with Gasteiger partial charge in [-0.1, -0.05) is 12.1 Å². The zero-order valence-corrected chi connectivity index (χ0v) is 14.2. The molecule has 0 saturated heterocycles. The average molecular weight is 324 g/mol. The monoisotopic (exact) mass is 324 g/mol. The molecule has 1 amide bonds. The van der Waals surface area contributed by atoms with Gasteiger partial charge < -0.3 is 19.8 Å². The number of benzene rings is 2. The zero-order valence-electron chi connectivity index (χ0n) is 14.2. The van der Waals surface area contributed by atoms with Crippen LogP contribution in [0.5, 0.6) is 11.5 Å². The second kappa shape index (κ2) is 6.28. The largest absolute Gasteiger partial charge is 0.497 e. The number of carbonyl (C=O) groups excluding carboxylic acids is 1. The highest BCUT2D eigenvalue weighted by molar-refractivity contribution is 6.08. The summed E-state index contributed by atoms with van der Waals surface area (Å²) in [6.45, 7) is 3.96. The van der Waals surface area contributed by atoms with Gasteiger partial charge in [0.2, 0.25) is 0 Å². The fourth-order valence-corrected chi connectivity index (χ4v) is 2.78. The Hall–Kier alpha value is -2.95. The molecule has 5 nitrogen and oxygen atoms in total. The molecular weight excluding hydrogens is 304 g/mol.